The molecular weight excluding hydrogens is 392 g/mol. The van der Waals surface area contributed by atoms with E-state index in [0.29, 0.717) is 29.8 Å². The third-order valence-corrected chi connectivity index (χ3v) is 6.08. The van der Waals surface area contributed by atoms with Crippen LogP contribution in [-0.4, -0.2) is 58.0 Å². The van der Waals surface area contributed by atoms with Gasteiger partial charge in [0.15, 0.2) is 5.76 Å². The minimum atomic E-state index is -0.144. The lowest BCUT2D eigenvalue weighted by Crippen LogP contribution is -2.39. The summed E-state index contributed by atoms with van der Waals surface area (Å²) in [5, 5.41) is 15.5. The normalized spacial score (nSPS) is 16.3. The Morgan fingerprint density at radius 3 is 2.79 bits per heavy atom. The third-order valence-electron chi connectivity index (χ3n) is 5.01. The van der Waals surface area contributed by atoms with Gasteiger partial charge < -0.3 is 19.0 Å². The van der Waals surface area contributed by atoms with E-state index in [1.807, 2.05) is 24.3 Å². The van der Waals surface area contributed by atoms with Crippen LogP contribution in [0.25, 0.3) is 16.5 Å². The van der Waals surface area contributed by atoms with Gasteiger partial charge in [-0.2, -0.15) is 9.50 Å². The number of hydrogen-bond acceptors (Lipinski definition) is 8. The summed E-state index contributed by atoms with van der Waals surface area (Å²) < 4.78 is 17.8. The Kier molecular flexibility index (Phi) is 4.70. The van der Waals surface area contributed by atoms with Gasteiger partial charge in [0.25, 0.3) is 0 Å². The molecule has 29 heavy (non-hydrogen) atoms. The van der Waals surface area contributed by atoms with Crippen LogP contribution in [0.3, 0.4) is 0 Å². The maximum absolute atomic E-state index is 11.0. The van der Waals surface area contributed by atoms with Gasteiger partial charge in [0.1, 0.15) is 5.75 Å². The number of nitrogens with zero attached hydrogens (tertiary/aromatic N) is 4. The average Bonchev–Trinajstić information content (AvgIpc) is 3.48. The maximum atomic E-state index is 11.0. The van der Waals surface area contributed by atoms with Crippen LogP contribution in [0.4, 0.5) is 0 Å². The van der Waals surface area contributed by atoms with Crippen LogP contribution < -0.4 is 4.74 Å². The first-order valence-electron chi connectivity index (χ1n) is 9.32. The zero-order valence-electron chi connectivity index (χ0n) is 15.8. The zero-order chi connectivity index (χ0) is 19.8. The Balaban J connectivity index is 1.60. The molecule has 1 atom stereocenters. The van der Waals surface area contributed by atoms with Crippen LogP contribution in [-0.2, 0) is 4.74 Å². The second-order valence-corrected chi connectivity index (χ2v) is 7.73. The van der Waals surface area contributed by atoms with Crippen molar-refractivity contribution in [1.29, 1.82) is 0 Å². The predicted octanol–water partition coefficient (Wildman–Crippen LogP) is 3.19. The van der Waals surface area contributed by atoms with Gasteiger partial charge in [0.2, 0.25) is 16.7 Å². The van der Waals surface area contributed by atoms with E-state index in [9.17, 15) is 5.11 Å². The molecule has 0 spiro atoms. The van der Waals surface area contributed by atoms with Gasteiger partial charge in [0.05, 0.1) is 37.5 Å². The van der Waals surface area contributed by atoms with Crippen molar-refractivity contribution in [1.82, 2.24) is 19.5 Å². The molecule has 4 aromatic rings. The van der Waals surface area contributed by atoms with Crippen LogP contribution in [0.5, 0.6) is 11.6 Å². The third kappa shape index (κ3) is 3.27. The molecule has 1 aliphatic heterocycles. The number of morpholine rings is 1. The SMILES string of the molecule is COc1cccc([C@H](c2sc3nc(-c4ccco4)nn3c2O)N2CCOCC2)c1. The summed E-state index contributed by atoms with van der Waals surface area (Å²) in [4.78, 5) is 8.25. The number of hydrogen-bond donors (Lipinski definition) is 1. The Morgan fingerprint density at radius 2 is 2.07 bits per heavy atom. The van der Waals surface area contributed by atoms with E-state index in [-0.39, 0.29) is 11.9 Å². The van der Waals surface area contributed by atoms with Gasteiger partial charge in [0, 0.05) is 13.1 Å². The lowest BCUT2D eigenvalue weighted by molar-refractivity contribution is 0.0241. The second-order valence-electron chi connectivity index (χ2n) is 6.72. The van der Waals surface area contributed by atoms with Gasteiger partial charge in [-0.3, -0.25) is 4.90 Å². The molecule has 0 amide bonds. The number of aromatic hydroxyl groups is 1. The van der Waals surface area contributed by atoms with Crippen LogP contribution in [0.2, 0.25) is 0 Å². The molecule has 8 nitrogen and oxygen atoms in total. The number of furan rings is 1. The van der Waals surface area contributed by atoms with Gasteiger partial charge in [-0.15, -0.1) is 5.10 Å². The van der Waals surface area contributed by atoms with Crippen LogP contribution in [0.15, 0.2) is 47.1 Å². The summed E-state index contributed by atoms with van der Waals surface area (Å²) in [5.41, 5.74) is 1.04. The van der Waals surface area contributed by atoms with Crippen LogP contribution in [0.1, 0.15) is 16.5 Å². The van der Waals surface area contributed by atoms with Gasteiger partial charge in [-0.05, 0) is 29.8 Å². The first kappa shape index (κ1) is 18.2. The van der Waals surface area contributed by atoms with Crippen molar-refractivity contribution in [3.05, 3.63) is 53.1 Å². The minimum absolute atomic E-state index is 0.0922. The zero-order valence-corrected chi connectivity index (χ0v) is 16.6. The monoisotopic (exact) mass is 412 g/mol. The molecule has 9 heteroatoms. The quantitative estimate of drug-likeness (QED) is 0.539. The topological polar surface area (TPSA) is 85.3 Å². The summed E-state index contributed by atoms with van der Waals surface area (Å²) in [5.74, 6) is 1.89. The number of ether oxygens (including phenoxy) is 2. The fraction of sp³-hybridized carbons (Fsp3) is 0.300. The van der Waals surface area contributed by atoms with Crippen molar-refractivity contribution in [2.75, 3.05) is 33.4 Å². The van der Waals surface area contributed by atoms with Crippen molar-refractivity contribution >= 4 is 16.3 Å². The Hall–Kier alpha value is -2.88. The van der Waals surface area contributed by atoms with Crippen molar-refractivity contribution in [3.63, 3.8) is 0 Å². The Bertz CT molecular complexity index is 1120. The van der Waals surface area contributed by atoms with Crippen LogP contribution in [0, 0.1) is 0 Å². The number of methoxy groups -OCH3 is 1. The van der Waals surface area contributed by atoms with E-state index in [2.05, 4.69) is 15.0 Å². The summed E-state index contributed by atoms with van der Waals surface area (Å²) in [6.45, 7) is 2.86. The summed E-state index contributed by atoms with van der Waals surface area (Å²) >= 11 is 1.43. The second kappa shape index (κ2) is 7.51. The molecule has 1 aromatic carbocycles. The smallest absolute Gasteiger partial charge is 0.230 e. The number of aromatic nitrogens is 3. The first-order valence-corrected chi connectivity index (χ1v) is 10.1. The fourth-order valence-electron chi connectivity index (χ4n) is 3.61. The largest absolute Gasteiger partial charge is 0.497 e. The molecule has 1 N–H and O–H groups in total. The van der Waals surface area contributed by atoms with Crippen molar-refractivity contribution in [2.24, 2.45) is 0 Å². The summed E-state index contributed by atoms with van der Waals surface area (Å²) in [7, 11) is 1.65. The maximum Gasteiger partial charge on any atom is 0.230 e. The van der Waals surface area contributed by atoms with Crippen molar-refractivity contribution in [3.8, 4) is 23.2 Å². The van der Waals surface area contributed by atoms with Crippen LogP contribution >= 0.6 is 11.3 Å². The number of benzene rings is 1. The van der Waals surface area contributed by atoms with E-state index in [4.69, 9.17) is 13.9 Å². The highest BCUT2D eigenvalue weighted by Gasteiger charge is 2.31. The van der Waals surface area contributed by atoms with E-state index >= 15 is 0 Å². The van der Waals surface area contributed by atoms with Gasteiger partial charge in [-0.1, -0.05) is 23.5 Å². The molecule has 1 saturated heterocycles. The van der Waals surface area contributed by atoms with E-state index in [1.54, 1.807) is 25.5 Å². The van der Waals surface area contributed by atoms with Crippen molar-refractivity contribution < 1.29 is 19.0 Å². The Labute approximate surface area is 170 Å². The molecule has 5 rings (SSSR count). The molecule has 0 unspecified atom stereocenters. The average molecular weight is 412 g/mol. The van der Waals surface area contributed by atoms with Crippen molar-refractivity contribution in [2.45, 2.75) is 6.04 Å². The molecule has 0 radical (unpaired) electrons. The number of fused-ring (bicyclic) bond motifs is 1. The Morgan fingerprint density at radius 1 is 1.21 bits per heavy atom. The molecular formula is C20H20N4O4S. The van der Waals surface area contributed by atoms with Gasteiger partial charge >= 0.3 is 0 Å². The number of rotatable bonds is 5. The standard InChI is InChI=1S/C20H20N4O4S/c1-26-14-5-2-4-13(12-14)16(23-7-10-27-11-8-23)17-19(25)24-20(29-17)21-18(22-24)15-6-3-9-28-15/h2-6,9,12,16,25H,7-8,10-11H2,1H3/t16-/m1/s1. The van der Waals surface area contributed by atoms with E-state index in [1.165, 1.54) is 15.9 Å². The summed E-state index contributed by atoms with van der Waals surface area (Å²) in [6.07, 6.45) is 1.58. The molecule has 0 saturated carbocycles. The molecule has 1 fully saturated rings. The first-order chi connectivity index (χ1) is 14.2. The summed E-state index contributed by atoms with van der Waals surface area (Å²) in [6, 6.07) is 11.4. The molecule has 3 aromatic heterocycles. The molecule has 0 bridgehead atoms. The molecule has 150 valence electrons. The highest BCUT2D eigenvalue weighted by molar-refractivity contribution is 7.17. The molecule has 0 aliphatic carbocycles. The highest BCUT2D eigenvalue weighted by atomic mass is 32.1. The minimum Gasteiger partial charge on any atom is -0.497 e. The highest BCUT2D eigenvalue weighted by Crippen LogP contribution is 2.41. The fourth-order valence-corrected chi connectivity index (χ4v) is 4.73. The van der Waals surface area contributed by atoms with E-state index < -0.39 is 0 Å². The lowest BCUT2D eigenvalue weighted by atomic mass is 10.0. The lowest BCUT2D eigenvalue weighted by Gasteiger charge is -2.34. The number of thiazole rings is 1. The molecule has 4 heterocycles. The molecule has 1 aliphatic rings. The predicted molar refractivity (Wildman–Crippen MR) is 107 cm³/mol. The van der Waals surface area contributed by atoms with Gasteiger partial charge in [-0.25, -0.2) is 0 Å². The van der Waals surface area contributed by atoms with E-state index in [0.717, 1.165) is 29.3 Å².